The number of hydrogen-bond acceptors (Lipinski definition) is 4. The maximum atomic E-state index is 11.9. The molecule has 0 aromatic carbocycles. The van der Waals surface area contributed by atoms with Crippen molar-refractivity contribution >= 4 is 21.8 Å². The van der Waals surface area contributed by atoms with Crippen molar-refractivity contribution in [3.63, 3.8) is 0 Å². The van der Waals surface area contributed by atoms with Gasteiger partial charge in [-0.1, -0.05) is 6.92 Å². The molecule has 19 heavy (non-hydrogen) atoms. The molecule has 0 radical (unpaired) electrons. The molecule has 0 aliphatic rings. The van der Waals surface area contributed by atoms with Crippen LogP contribution < -0.4 is 0 Å². The molecule has 6 heteroatoms. The second-order valence-corrected chi connectivity index (χ2v) is 6.74. The molecule has 0 aliphatic carbocycles. The Morgan fingerprint density at radius 1 is 1.53 bits per heavy atom. The number of hydrogen-bond donors (Lipinski definition) is 0. The lowest BCUT2D eigenvalue weighted by Crippen LogP contribution is -2.38. The lowest BCUT2D eigenvalue weighted by atomic mass is 10.3. The van der Waals surface area contributed by atoms with Crippen LogP contribution in [0.2, 0.25) is 0 Å². The SMILES string of the molecule is CCS(=O)(=O)C[C@@H](C)N(C)C(=O)/C=C/c1ccco1. The van der Waals surface area contributed by atoms with Gasteiger partial charge in [-0.3, -0.25) is 4.79 Å². The quantitative estimate of drug-likeness (QED) is 0.744. The monoisotopic (exact) mass is 285 g/mol. The van der Waals surface area contributed by atoms with Crippen molar-refractivity contribution in [1.82, 2.24) is 4.90 Å². The number of amides is 1. The summed E-state index contributed by atoms with van der Waals surface area (Å²) in [7, 11) is -1.50. The largest absolute Gasteiger partial charge is 0.465 e. The molecule has 0 bridgehead atoms. The van der Waals surface area contributed by atoms with Crippen LogP contribution in [0, 0.1) is 0 Å². The summed E-state index contributed by atoms with van der Waals surface area (Å²) in [6, 6.07) is 3.10. The molecule has 0 spiro atoms. The Labute approximate surface area is 113 Å². The molecule has 0 saturated heterocycles. The molecule has 1 rings (SSSR count). The van der Waals surface area contributed by atoms with Gasteiger partial charge < -0.3 is 9.32 Å². The number of carbonyl (C=O) groups is 1. The summed E-state index contributed by atoms with van der Waals surface area (Å²) in [4.78, 5) is 13.3. The number of carbonyl (C=O) groups excluding carboxylic acids is 1. The van der Waals surface area contributed by atoms with Gasteiger partial charge in [0.25, 0.3) is 0 Å². The fourth-order valence-corrected chi connectivity index (χ4v) is 2.67. The van der Waals surface area contributed by atoms with Crippen LogP contribution >= 0.6 is 0 Å². The summed E-state index contributed by atoms with van der Waals surface area (Å²) in [5, 5.41) is 0. The zero-order valence-electron chi connectivity index (χ0n) is 11.4. The molecule has 1 aromatic rings. The van der Waals surface area contributed by atoms with Crippen LogP contribution in [0.3, 0.4) is 0 Å². The average Bonchev–Trinajstić information content (AvgIpc) is 2.87. The molecule has 5 nitrogen and oxygen atoms in total. The molecule has 0 saturated carbocycles. The first-order valence-corrected chi connectivity index (χ1v) is 7.86. The van der Waals surface area contributed by atoms with Crippen LogP contribution in [0.4, 0.5) is 0 Å². The Balaban J connectivity index is 2.62. The van der Waals surface area contributed by atoms with Crippen molar-refractivity contribution in [3.05, 3.63) is 30.2 Å². The molecular weight excluding hydrogens is 266 g/mol. The van der Waals surface area contributed by atoms with Gasteiger partial charge in [-0.2, -0.15) is 0 Å². The Bertz CT molecular complexity index is 531. The molecule has 1 aromatic heterocycles. The molecular formula is C13H19NO4S. The minimum absolute atomic E-state index is 0.0274. The highest BCUT2D eigenvalue weighted by Crippen LogP contribution is 2.06. The summed E-state index contributed by atoms with van der Waals surface area (Å²) in [5.74, 6) is 0.382. The van der Waals surface area contributed by atoms with E-state index in [0.717, 1.165) is 0 Å². The van der Waals surface area contributed by atoms with Crippen molar-refractivity contribution in [1.29, 1.82) is 0 Å². The fraction of sp³-hybridized carbons (Fsp3) is 0.462. The lowest BCUT2D eigenvalue weighted by Gasteiger charge is -2.23. The number of furan rings is 1. The molecule has 0 fully saturated rings. The van der Waals surface area contributed by atoms with E-state index in [1.165, 1.54) is 17.2 Å². The van der Waals surface area contributed by atoms with Crippen molar-refractivity contribution < 1.29 is 17.6 Å². The standard InChI is InChI=1S/C13H19NO4S/c1-4-19(16,17)10-11(2)14(3)13(15)8-7-12-6-5-9-18-12/h5-9,11H,4,10H2,1-3H3/b8-7+/t11-/m1/s1. The Kier molecular flexibility index (Phi) is 5.35. The van der Waals surface area contributed by atoms with Crippen molar-refractivity contribution in [2.45, 2.75) is 19.9 Å². The maximum absolute atomic E-state index is 11.9. The van der Waals surface area contributed by atoms with Gasteiger partial charge in [0.15, 0.2) is 9.84 Å². The predicted octanol–water partition coefficient (Wildman–Crippen LogP) is 1.57. The van der Waals surface area contributed by atoms with Crippen LogP contribution in [-0.4, -0.2) is 43.8 Å². The van der Waals surface area contributed by atoms with Crippen LogP contribution in [-0.2, 0) is 14.6 Å². The highest BCUT2D eigenvalue weighted by molar-refractivity contribution is 7.91. The van der Waals surface area contributed by atoms with Gasteiger partial charge in [-0.05, 0) is 25.1 Å². The maximum Gasteiger partial charge on any atom is 0.246 e. The summed E-state index contributed by atoms with van der Waals surface area (Å²) in [6.07, 6.45) is 4.44. The Hall–Kier alpha value is -1.56. The first-order chi connectivity index (χ1) is 8.85. The van der Waals surface area contributed by atoms with Crippen LogP contribution in [0.5, 0.6) is 0 Å². The molecule has 0 unspecified atom stereocenters. The molecule has 1 amide bonds. The lowest BCUT2D eigenvalue weighted by molar-refractivity contribution is -0.126. The van der Waals surface area contributed by atoms with E-state index in [2.05, 4.69) is 0 Å². The van der Waals surface area contributed by atoms with E-state index >= 15 is 0 Å². The van der Waals surface area contributed by atoms with E-state index in [1.54, 1.807) is 39.1 Å². The van der Waals surface area contributed by atoms with E-state index in [-0.39, 0.29) is 23.5 Å². The van der Waals surface area contributed by atoms with E-state index in [0.29, 0.717) is 5.76 Å². The minimum atomic E-state index is -3.09. The molecule has 1 atom stereocenters. The van der Waals surface area contributed by atoms with Gasteiger partial charge in [0.1, 0.15) is 5.76 Å². The third-order valence-electron chi connectivity index (χ3n) is 2.88. The number of rotatable bonds is 6. The van der Waals surface area contributed by atoms with Crippen molar-refractivity contribution in [2.24, 2.45) is 0 Å². The normalized spacial score (nSPS) is 13.6. The summed E-state index contributed by atoms with van der Waals surface area (Å²) >= 11 is 0. The summed E-state index contributed by atoms with van der Waals surface area (Å²) < 4.78 is 28.1. The first-order valence-electron chi connectivity index (χ1n) is 6.04. The van der Waals surface area contributed by atoms with Gasteiger partial charge in [-0.15, -0.1) is 0 Å². The number of likely N-dealkylation sites (N-methyl/N-ethyl adjacent to an activating group) is 1. The van der Waals surface area contributed by atoms with E-state index in [9.17, 15) is 13.2 Å². The van der Waals surface area contributed by atoms with Crippen LogP contribution in [0.25, 0.3) is 6.08 Å². The second kappa shape index (κ2) is 6.56. The van der Waals surface area contributed by atoms with Crippen molar-refractivity contribution in [2.75, 3.05) is 18.6 Å². The highest BCUT2D eigenvalue weighted by atomic mass is 32.2. The predicted molar refractivity (Wildman–Crippen MR) is 74.3 cm³/mol. The zero-order valence-corrected chi connectivity index (χ0v) is 12.2. The van der Waals surface area contributed by atoms with Gasteiger partial charge in [0, 0.05) is 24.9 Å². The van der Waals surface area contributed by atoms with E-state index in [4.69, 9.17) is 4.42 Å². The Morgan fingerprint density at radius 3 is 2.74 bits per heavy atom. The molecule has 1 heterocycles. The highest BCUT2D eigenvalue weighted by Gasteiger charge is 2.19. The summed E-state index contributed by atoms with van der Waals surface area (Å²) in [6.45, 7) is 3.31. The fourth-order valence-electron chi connectivity index (χ4n) is 1.47. The second-order valence-electron chi connectivity index (χ2n) is 4.35. The topological polar surface area (TPSA) is 67.6 Å². The molecule has 0 N–H and O–H groups in total. The number of sulfone groups is 1. The van der Waals surface area contributed by atoms with Crippen LogP contribution in [0.15, 0.2) is 28.9 Å². The van der Waals surface area contributed by atoms with Gasteiger partial charge >= 0.3 is 0 Å². The van der Waals surface area contributed by atoms with E-state index in [1.807, 2.05) is 0 Å². The smallest absolute Gasteiger partial charge is 0.246 e. The van der Waals surface area contributed by atoms with Gasteiger partial charge in [0.05, 0.1) is 12.0 Å². The van der Waals surface area contributed by atoms with Gasteiger partial charge in [-0.25, -0.2) is 8.42 Å². The van der Waals surface area contributed by atoms with Crippen molar-refractivity contribution in [3.8, 4) is 0 Å². The van der Waals surface area contributed by atoms with Crippen LogP contribution in [0.1, 0.15) is 19.6 Å². The first kappa shape index (κ1) is 15.5. The average molecular weight is 285 g/mol. The molecule has 106 valence electrons. The minimum Gasteiger partial charge on any atom is -0.465 e. The Morgan fingerprint density at radius 2 is 2.21 bits per heavy atom. The molecule has 0 aliphatic heterocycles. The third-order valence-corrected chi connectivity index (χ3v) is 4.75. The van der Waals surface area contributed by atoms with Gasteiger partial charge in [0.2, 0.25) is 5.91 Å². The third kappa shape index (κ3) is 4.90. The summed E-state index contributed by atoms with van der Waals surface area (Å²) in [5.41, 5.74) is 0. The zero-order chi connectivity index (χ0) is 14.5. The van der Waals surface area contributed by atoms with E-state index < -0.39 is 9.84 Å². The number of nitrogens with zero attached hydrogens (tertiary/aromatic N) is 1.